The summed E-state index contributed by atoms with van der Waals surface area (Å²) in [4.78, 5) is 14.4. The van der Waals surface area contributed by atoms with Crippen LogP contribution in [0.5, 0.6) is 5.75 Å². The minimum absolute atomic E-state index is 0.0170. The van der Waals surface area contributed by atoms with Crippen LogP contribution in [-0.4, -0.2) is 24.7 Å². The van der Waals surface area contributed by atoms with Crippen LogP contribution in [0.3, 0.4) is 0 Å². The van der Waals surface area contributed by atoms with Crippen LogP contribution in [0.1, 0.15) is 29.4 Å². The minimum atomic E-state index is -2.98. The molecule has 0 N–H and O–H groups in total. The summed E-state index contributed by atoms with van der Waals surface area (Å²) in [5, 5.41) is 0. The number of halogens is 3. The second-order valence-electron chi connectivity index (χ2n) is 2.94. The summed E-state index contributed by atoms with van der Waals surface area (Å²) >= 11 is 0. The third-order valence-corrected chi connectivity index (χ3v) is 1.90. The summed E-state index contributed by atoms with van der Waals surface area (Å²) in [6.07, 6.45) is -2.98. The molecule has 1 heterocycles. The number of ether oxygens (including phenoxy) is 2. The zero-order chi connectivity index (χ0) is 13.0. The fourth-order valence-corrected chi connectivity index (χ4v) is 1.16. The van der Waals surface area contributed by atoms with E-state index in [4.69, 9.17) is 0 Å². The molecule has 1 rings (SSSR count). The molecule has 0 saturated carbocycles. The van der Waals surface area contributed by atoms with Gasteiger partial charge >= 0.3 is 5.97 Å². The van der Waals surface area contributed by atoms with E-state index in [2.05, 4.69) is 14.5 Å². The molecular weight excluding hydrogens is 239 g/mol. The first-order valence-corrected chi connectivity index (χ1v) is 4.71. The number of aromatic nitrogens is 1. The molecule has 0 aromatic carbocycles. The van der Waals surface area contributed by atoms with Crippen LogP contribution >= 0.6 is 0 Å². The lowest BCUT2D eigenvalue weighted by atomic mass is 10.2. The fraction of sp³-hybridized carbons (Fsp3) is 0.400. The number of alkyl halides is 2. The van der Waals surface area contributed by atoms with Gasteiger partial charge < -0.3 is 9.47 Å². The Hall–Kier alpha value is -1.79. The van der Waals surface area contributed by atoms with Gasteiger partial charge in [0.15, 0.2) is 11.4 Å². The standard InChI is InChI=1S/C10H10F3NO3/c1-3-17-10(15)7-5(8(11)12)4-6(16-2)9(13)14-7/h4,8H,3H2,1-2H3. The smallest absolute Gasteiger partial charge is 0.357 e. The normalized spacial score (nSPS) is 10.5. The first kappa shape index (κ1) is 13.3. The number of esters is 1. The van der Waals surface area contributed by atoms with Crippen LogP contribution in [0.25, 0.3) is 0 Å². The highest BCUT2D eigenvalue weighted by Gasteiger charge is 2.24. The monoisotopic (exact) mass is 249 g/mol. The molecule has 0 aliphatic carbocycles. The summed E-state index contributed by atoms with van der Waals surface area (Å²) in [7, 11) is 1.11. The van der Waals surface area contributed by atoms with Crippen molar-refractivity contribution in [1.29, 1.82) is 0 Å². The Morgan fingerprint density at radius 2 is 2.18 bits per heavy atom. The quantitative estimate of drug-likeness (QED) is 0.607. The van der Waals surface area contributed by atoms with Crippen molar-refractivity contribution in [3.63, 3.8) is 0 Å². The van der Waals surface area contributed by atoms with E-state index in [1.54, 1.807) is 0 Å². The summed E-state index contributed by atoms with van der Waals surface area (Å²) < 4.78 is 47.5. The number of hydrogen-bond donors (Lipinski definition) is 0. The molecule has 0 unspecified atom stereocenters. The molecule has 0 atom stereocenters. The van der Waals surface area contributed by atoms with Crippen LogP contribution in [0.15, 0.2) is 6.07 Å². The van der Waals surface area contributed by atoms with Gasteiger partial charge in [-0.05, 0) is 13.0 Å². The number of hydrogen-bond acceptors (Lipinski definition) is 4. The lowest BCUT2D eigenvalue weighted by Gasteiger charge is -2.09. The van der Waals surface area contributed by atoms with Gasteiger partial charge in [-0.25, -0.2) is 18.6 Å². The predicted octanol–water partition coefficient (Wildman–Crippen LogP) is 2.34. The van der Waals surface area contributed by atoms with E-state index >= 15 is 0 Å². The van der Waals surface area contributed by atoms with Crippen molar-refractivity contribution in [1.82, 2.24) is 4.98 Å². The molecule has 4 nitrogen and oxygen atoms in total. The third-order valence-electron chi connectivity index (χ3n) is 1.90. The van der Waals surface area contributed by atoms with Crippen LogP contribution in [0, 0.1) is 5.95 Å². The SMILES string of the molecule is CCOC(=O)c1nc(F)c(OC)cc1C(F)F. The average Bonchev–Trinajstić information content (AvgIpc) is 2.28. The summed E-state index contributed by atoms with van der Waals surface area (Å²) in [5.74, 6) is -2.68. The number of methoxy groups -OCH3 is 1. The maximum Gasteiger partial charge on any atom is 0.357 e. The van der Waals surface area contributed by atoms with Gasteiger partial charge in [0.1, 0.15) is 0 Å². The van der Waals surface area contributed by atoms with E-state index in [1.807, 2.05) is 0 Å². The summed E-state index contributed by atoms with van der Waals surface area (Å²) in [5.41, 5.74) is -1.46. The Labute approximate surface area is 95.4 Å². The molecule has 1 aromatic heterocycles. The van der Waals surface area contributed by atoms with Crippen molar-refractivity contribution in [3.05, 3.63) is 23.3 Å². The van der Waals surface area contributed by atoms with E-state index in [9.17, 15) is 18.0 Å². The largest absolute Gasteiger partial charge is 0.492 e. The molecule has 0 aliphatic heterocycles. The van der Waals surface area contributed by atoms with E-state index < -0.39 is 35.3 Å². The molecule has 7 heteroatoms. The van der Waals surface area contributed by atoms with E-state index in [0.717, 1.165) is 13.2 Å². The molecule has 0 saturated heterocycles. The molecule has 0 amide bonds. The Morgan fingerprint density at radius 3 is 2.65 bits per heavy atom. The van der Waals surface area contributed by atoms with Gasteiger partial charge in [0.2, 0.25) is 0 Å². The van der Waals surface area contributed by atoms with Crippen molar-refractivity contribution in [2.24, 2.45) is 0 Å². The zero-order valence-electron chi connectivity index (χ0n) is 9.17. The highest BCUT2D eigenvalue weighted by atomic mass is 19.3. The first-order chi connectivity index (χ1) is 8.01. The number of carbonyl (C=O) groups is 1. The third kappa shape index (κ3) is 2.86. The molecule has 17 heavy (non-hydrogen) atoms. The van der Waals surface area contributed by atoms with Gasteiger partial charge in [-0.2, -0.15) is 4.39 Å². The zero-order valence-corrected chi connectivity index (χ0v) is 9.17. The molecule has 0 bridgehead atoms. The van der Waals surface area contributed by atoms with Crippen LogP contribution in [0.4, 0.5) is 13.2 Å². The molecule has 0 radical (unpaired) electrons. The van der Waals surface area contributed by atoms with Gasteiger partial charge in [-0.3, -0.25) is 0 Å². The highest BCUT2D eigenvalue weighted by Crippen LogP contribution is 2.27. The van der Waals surface area contributed by atoms with E-state index in [1.165, 1.54) is 6.92 Å². The Bertz CT molecular complexity index is 424. The van der Waals surface area contributed by atoms with E-state index in [0.29, 0.717) is 0 Å². The lowest BCUT2D eigenvalue weighted by molar-refractivity contribution is 0.0505. The Balaban J connectivity index is 3.27. The number of rotatable bonds is 4. The maximum absolute atomic E-state index is 13.2. The van der Waals surface area contributed by atoms with Crippen LogP contribution in [-0.2, 0) is 4.74 Å². The van der Waals surface area contributed by atoms with Gasteiger partial charge in [0.25, 0.3) is 12.4 Å². The Kier molecular flexibility index (Phi) is 4.30. The maximum atomic E-state index is 13.2. The number of pyridine rings is 1. The Morgan fingerprint density at radius 1 is 1.53 bits per heavy atom. The van der Waals surface area contributed by atoms with Crippen molar-refractivity contribution in [2.75, 3.05) is 13.7 Å². The highest BCUT2D eigenvalue weighted by molar-refractivity contribution is 5.89. The van der Waals surface area contributed by atoms with Crippen molar-refractivity contribution in [2.45, 2.75) is 13.3 Å². The minimum Gasteiger partial charge on any atom is -0.492 e. The second kappa shape index (κ2) is 5.51. The lowest BCUT2D eigenvalue weighted by Crippen LogP contribution is -2.13. The molecule has 1 aromatic rings. The van der Waals surface area contributed by atoms with Crippen molar-refractivity contribution >= 4 is 5.97 Å². The second-order valence-corrected chi connectivity index (χ2v) is 2.94. The molecule has 94 valence electrons. The van der Waals surface area contributed by atoms with Gasteiger partial charge in [0, 0.05) is 0 Å². The summed E-state index contributed by atoms with van der Waals surface area (Å²) in [6.45, 7) is 1.48. The molecular formula is C10H10F3NO3. The van der Waals surface area contributed by atoms with Gasteiger partial charge in [-0.1, -0.05) is 0 Å². The van der Waals surface area contributed by atoms with Crippen LogP contribution in [0.2, 0.25) is 0 Å². The molecule has 0 spiro atoms. The topological polar surface area (TPSA) is 48.4 Å². The van der Waals surface area contributed by atoms with Crippen molar-refractivity contribution < 1.29 is 27.4 Å². The molecule has 0 fully saturated rings. The summed E-state index contributed by atoms with van der Waals surface area (Å²) in [6, 6.07) is 0.735. The van der Waals surface area contributed by atoms with Crippen molar-refractivity contribution in [3.8, 4) is 5.75 Å². The van der Waals surface area contributed by atoms with Crippen LogP contribution < -0.4 is 4.74 Å². The van der Waals surface area contributed by atoms with E-state index in [-0.39, 0.29) is 6.61 Å². The fourth-order valence-electron chi connectivity index (χ4n) is 1.16. The molecule has 0 aliphatic rings. The number of nitrogens with zero attached hydrogens (tertiary/aromatic N) is 1. The first-order valence-electron chi connectivity index (χ1n) is 4.71. The van der Waals surface area contributed by atoms with Gasteiger partial charge in [-0.15, -0.1) is 0 Å². The number of carbonyl (C=O) groups excluding carboxylic acids is 1. The van der Waals surface area contributed by atoms with Gasteiger partial charge in [0.05, 0.1) is 19.3 Å². The predicted molar refractivity (Wildman–Crippen MR) is 51.7 cm³/mol. The average molecular weight is 249 g/mol.